The molecule has 0 aliphatic carbocycles. The lowest BCUT2D eigenvalue weighted by molar-refractivity contribution is -0.142. The molecule has 1 N–H and O–H groups in total. The Bertz CT molecular complexity index is 561. The smallest absolute Gasteiger partial charge is 0.309 e. The van der Waals surface area contributed by atoms with E-state index >= 15 is 0 Å². The van der Waals surface area contributed by atoms with E-state index in [4.69, 9.17) is 11.6 Å². The summed E-state index contributed by atoms with van der Waals surface area (Å²) in [6, 6.07) is 3.32. The van der Waals surface area contributed by atoms with Gasteiger partial charge < -0.3 is 10.0 Å². The average molecular weight is 300 g/mol. The Labute approximate surface area is 121 Å². The summed E-state index contributed by atoms with van der Waals surface area (Å²) in [6.07, 6.45) is -0.0484. The van der Waals surface area contributed by atoms with E-state index in [-0.39, 0.29) is 23.4 Å². The zero-order valence-corrected chi connectivity index (χ0v) is 11.9. The van der Waals surface area contributed by atoms with E-state index in [9.17, 15) is 19.1 Å². The van der Waals surface area contributed by atoms with E-state index in [0.717, 1.165) is 0 Å². The summed E-state index contributed by atoms with van der Waals surface area (Å²) in [6.45, 7) is 3.64. The normalized spacial score (nSPS) is 22.6. The number of rotatable bonds is 3. The highest BCUT2D eigenvalue weighted by molar-refractivity contribution is 6.30. The molecule has 20 heavy (non-hydrogen) atoms. The molecule has 1 saturated heterocycles. The fraction of sp³-hybridized carbons (Fsp3) is 0.429. The maximum absolute atomic E-state index is 13.2. The van der Waals surface area contributed by atoms with E-state index in [2.05, 4.69) is 0 Å². The molecule has 6 heteroatoms. The average Bonchev–Trinajstić information content (AvgIpc) is 2.70. The van der Waals surface area contributed by atoms with Crippen LogP contribution >= 0.6 is 11.6 Å². The van der Waals surface area contributed by atoms with Crippen LogP contribution in [0.3, 0.4) is 0 Å². The second-order valence-corrected chi connectivity index (χ2v) is 5.57. The van der Waals surface area contributed by atoms with Gasteiger partial charge in [0.2, 0.25) is 5.91 Å². The van der Waals surface area contributed by atoms with Gasteiger partial charge >= 0.3 is 5.97 Å². The number of carboxylic acid groups (broad SMARTS) is 1. The van der Waals surface area contributed by atoms with Crippen molar-refractivity contribution in [1.29, 1.82) is 0 Å². The van der Waals surface area contributed by atoms with Crippen molar-refractivity contribution in [3.8, 4) is 0 Å². The summed E-state index contributed by atoms with van der Waals surface area (Å²) >= 11 is 5.76. The van der Waals surface area contributed by atoms with E-state index in [0.29, 0.717) is 5.56 Å². The van der Waals surface area contributed by atoms with Gasteiger partial charge in [-0.15, -0.1) is 0 Å². The predicted octanol–water partition coefficient (Wildman–Crippen LogP) is 2.86. The summed E-state index contributed by atoms with van der Waals surface area (Å²) in [5.74, 6) is -2.65. The van der Waals surface area contributed by atoms with Crippen molar-refractivity contribution in [2.45, 2.75) is 32.4 Å². The van der Waals surface area contributed by atoms with Crippen LogP contribution < -0.4 is 0 Å². The summed E-state index contributed by atoms with van der Waals surface area (Å²) in [7, 11) is 0. The number of benzene rings is 1. The molecule has 1 aromatic carbocycles. The zero-order chi connectivity index (χ0) is 15.0. The first-order valence-corrected chi connectivity index (χ1v) is 6.69. The number of likely N-dealkylation sites (tertiary alicyclic amines) is 1. The molecular formula is C14H15ClFNO3. The first-order chi connectivity index (χ1) is 9.32. The highest BCUT2D eigenvalue weighted by Gasteiger charge is 2.45. The molecule has 0 radical (unpaired) electrons. The van der Waals surface area contributed by atoms with Crippen LogP contribution in [0.25, 0.3) is 0 Å². The lowest BCUT2D eigenvalue weighted by atomic mass is 9.93. The van der Waals surface area contributed by atoms with Crippen molar-refractivity contribution in [1.82, 2.24) is 4.90 Å². The molecule has 1 heterocycles. The number of nitrogens with zero attached hydrogens (tertiary/aromatic N) is 1. The third-order valence-corrected chi connectivity index (χ3v) is 3.81. The molecule has 2 rings (SSSR count). The number of halogens is 2. The van der Waals surface area contributed by atoms with Gasteiger partial charge in [0.15, 0.2) is 0 Å². The van der Waals surface area contributed by atoms with Crippen LogP contribution in [0.1, 0.15) is 31.9 Å². The lowest BCUT2D eigenvalue weighted by Gasteiger charge is -2.30. The standard InChI is InChI=1S/C14H15ClFNO3/c1-7(2)17-12(18)6-9(14(19)20)13(17)8-3-4-11(16)10(15)5-8/h3-5,7,9,13H,6H2,1-2H3,(H,19,20). The molecule has 0 aromatic heterocycles. The van der Waals surface area contributed by atoms with Gasteiger partial charge in [-0.1, -0.05) is 17.7 Å². The van der Waals surface area contributed by atoms with Crippen molar-refractivity contribution in [2.75, 3.05) is 0 Å². The first kappa shape index (κ1) is 14.8. The van der Waals surface area contributed by atoms with Gasteiger partial charge in [0.1, 0.15) is 5.82 Å². The molecule has 2 unspecified atom stereocenters. The maximum Gasteiger partial charge on any atom is 0.309 e. The minimum absolute atomic E-state index is 0.0484. The third kappa shape index (κ3) is 2.50. The summed E-state index contributed by atoms with van der Waals surface area (Å²) < 4.78 is 13.2. The van der Waals surface area contributed by atoms with Gasteiger partial charge in [-0.05, 0) is 31.5 Å². The van der Waals surface area contributed by atoms with E-state index in [1.54, 1.807) is 0 Å². The minimum atomic E-state index is -1.04. The number of carbonyl (C=O) groups is 2. The van der Waals surface area contributed by atoms with Crippen molar-refractivity contribution in [2.24, 2.45) is 5.92 Å². The Morgan fingerprint density at radius 1 is 1.50 bits per heavy atom. The minimum Gasteiger partial charge on any atom is -0.481 e. The van der Waals surface area contributed by atoms with Gasteiger partial charge in [-0.2, -0.15) is 0 Å². The van der Waals surface area contributed by atoms with Crippen LogP contribution in [0.4, 0.5) is 4.39 Å². The Morgan fingerprint density at radius 2 is 2.15 bits per heavy atom. The second kappa shape index (κ2) is 5.40. The van der Waals surface area contributed by atoms with E-state index in [1.807, 2.05) is 13.8 Å². The molecule has 2 atom stereocenters. The van der Waals surface area contributed by atoms with Crippen molar-refractivity contribution in [3.05, 3.63) is 34.6 Å². The van der Waals surface area contributed by atoms with Gasteiger partial charge in [-0.3, -0.25) is 9.59 Å². The fourth-order valence-corrected chi connectivity index (χ4v) is 2.86. The Kier molecular flexibility index (Phi) is 3.99. The first-order valence-electron chi connectivity index (χ1n) is 6.32. The van der Waals surface area contributed by atoms with Crippen LogP contribution in [0.15, 0.2) is 18.2 Å². The molecule has 0 bridgehead atoms. The Balaban J connectivity index is 2.48. The highest BCUT2D eigenvalue weighted by atomic mass is 35.5. The van der Waals surface area contributed by atoms with Crippen molar-refractivity contribution < 1.29 is 19.1 Å². The predicted molar refractivity (Wildman–Crippen MR) is 71.9 cm³/mol. The number of carboxylic acids is 1. The largest absolute Gasteiger partial charge is 0.481 e. The van der Waals surface area contributed by atoms with Crippen LogP contribution in [0.5, 0.6) is 0 Å². The highest BCUT2D eigenvalue weighted by Crippen LogP contribution is 2.40. The van der Waals surface area contributed by atoms with Gasteiger partial charge in [0.05, 0.1) is 17.0 Å². The fourth-order valence-electron chi connectivity index (χ4n) is 2.67. The second-order valence-electron chi connectivity index (χ2n) is 5.16. The molecule has 1 aliphatic rings. The Morgan fingerprint density at radius 3 is 2.65 bits per heavy atom. The van der Waals surface area contributed by atoms with Crippen LogP contribution in [0.2, 0.25) is 5.02 Å². The van der Waals surface area contributed by atoms with Crippen LogP contribution in [0, 0.1) is 11.7 Å². The van der Waals surface area contributed by atoms with E-state index < -0.39 is 23.7 Å². The molecule has 1 aromatic rings. The number of hydrogen-bond acceptors (Lipinski definition) is 2. The van der Waals surface area contributed by atoms with Crippen LogP contribution in [-0.2, 0) is 9.59 Å². The zero-order valence-electron chi connectivity index (χ0n) is 11.1. The molecule has 108 valence electrons. The van der Waals surface area contributed by atoms with Crippen molar-refractivity contribution >= 4 is 23.5 Å². The molecule has 4 nitrogen and oxygen atoms in total. The molecule has 1 amide bonds. The monoisotopic (exact) mass is 299 g/mol. The van der Waals surface area contributed by atoms with Gasteiger partial charge in [0.25, 0.3) is 0 Å². The molecule has 1 aliphatic heterocycles. The molecule has 1 fully saturated rings. The summed E-state index contributed by atoms with van der Waals surface area (Å²) in [4.78, 5) is 24.9. The van der Waals surface area contributed by atoms with Gasteiger partial charge in [0, 0.05) is 12.5 Å². The van der Waals surface area contributed by atoms with Crippen LogP contribution in [-0.4, -0.2) is 27.9 Å². The number of hydrogen-bond donors (Lipinski definition) is 1. The third-order valence-electron chi connectivity index (χ3n) is 3.52. The summed E-state index contributed by atoms with van der Waals surface area (Å²) in [5.41, 5.74) is 0.545. The molecule has 0 spiro atoms. The molecule has 0 saturated carbocycles. The number of carbonyl (C=O) groups excluding carboxylic acids is 1. The Hall–Kier alpha value is -1.62. The van der Waals surface area contributed by atoms with Gasteiger partial charge in [-0.25, -0.2) is 4.39 Å². The maximum atomic E-state index is 13.2. The quantitative estimate of drug-likeness (QED) is 0.933. The van der Waals surface area contributed by atoms with E-state index in [1.165, 1.54) is 23.1 Å². The summed E-state index contributed by atoms with van der Waals surface area (Å²) in [5, 5.41) is 9.23. The van der Waals surface area contributed by atoms with Crippen molar-refractivity contribution in [3.63, 3.8) is 0 Å². The topological polar surface area (TPSA) is 57.6 Å². The number of aliphatic carboxylic acids is 1. The number of amides is 1. The SMILES string of the molecule is CC(C)N1C(=O)CC(C(=O)O)C1c1ccc(F)c(Cl)c1. The lowest BCUT2D eigenvalue weighted by Crippen LogP contribution is -2.36. The molecular weight excluding hydrogens is 285 g/mol.